The van der Waals surface area contributed by atoms with Gasteiger partial charge in [0.05, 0.1) is 21.0 Å². The number of phosphoric ester groups is 1. The number of aliphatic hydroxyl groups is 9. The molecule has 168 valence electrons. The summed E-state index contributed by atoms with van der Waals surface area (Å²) in [4.78, 5) is 20.6. The third-order valence-corrected chi connectivity index (χ3v) is 4.41. The zero-order valence-electron chi connectivity index (χ0n) is 14.1. The van der Waals surface area contributed by atoms with Crippen LogP contribution < -0.4 is 9.79 Å². The summed E-state index contributed by atoms with van der Waals surface area (Å²) < 4.78 is 23.3. The maximum Gasteiger partial charge on any atom is 0.191 e. The fourth-order valence-corrected chi connectivity index (χ4v) is 2.79. The van der Waals surface area contributed by atoms with Crippen LogP contribution >= 0.6 is 7.82 Å². The van der Waals surface area contributed by atoms with Crippen LogP contribution in [0, 0.1) is 0 Å². The Labute approximate surface area is 157 Å². The summed E-state index contributed by atoms with van der Waals surface area (Å²) in [5.41, 5.74) is 0. The summed E-state index contributed by atoms with van der Waals surface area (Å²) in [6.07, 6.45) is -15.7. The molecule has 0 amide bonds. The molecule has 28 heavy (non-hydrogen) atoms. The van der Waals surface area contributed by atoms with Gasteiger partial charge in [-0.25, -0.2) is 0 Å². The first-order valence-electron chi connectivity index (χ1n) is 7.83. The first-order valence-corrected chi connectivity index (χ1v) is 9.29. The molecule has 15 nitrogen and oxygen atoms in total. The second kappa shape index (κ2) is 10.6. The van der Waals surface area contributed by atoms with Gasteiger partial charge in [-0.1, -0.05) is 0 Å². The molecule has 0 saturated carbocycles. The van der Waals surface area contributed by atoms with E-state index >= 15 is 0 Å². The molecule has 9 N–H and O–H groups in total. The Morgan fingerprint density at radius 1 is 0.714 bits per heavy atom. The smallest absolute Gasteiger partial charge is 0.191 e. The third-order valence-electron chi connectivity index (χ3n) is 3.95. The number of phosphoric acid groups is 1. The average Bonchev–Trinajstić information content (AvgIpc) is 2.63. The number of hydrogen-bond donors (Lipinski definition) is 9. The summed E-state index contributed by atoms with van der Waals surface area (Å²) in [6.45, 7) is -1.27. The lowest BCUT2D eigenvalue weighted by atomic mass is 10.00. The van der Waals surface area contributed by atoms with E-state index in [0.29, 0.717) is 0 Å². The van der Waals surface area contributed by atoms with Crippen LogP contribution in [-0.4, -0.2) is 121 Å². The SMILES string of the molecule is O=P([O-])([O-])O[C@H]1OC(CO)[C@H](O)[C@H](O)C1O.OCC1OC(O)C(O)[C@@H](O)[C@H]1O. The molecule has 0 aromatic rings. The van der Waals surface area contributed by atoms with Gasteiger partial charge in [0, 0.05) is 0 Å². The average molecular weight is 438 g/mol. The summed E-state index contributed by atoms with van der Waals surface area (Å²) in [5, 5.41) is 81.1. The van der Waals surface area contributed by atoms with E-state index in [2.05, 4.69) is 14.0 Å². The van der Waals surface area contributed by atoms with Crippen LogP contribution in [0.25, 0.3) is 0 Å². The predicted octanol–water partition coefficient (Wildman–Crippen LogP) is -7.59. The topological polar surface area (TPSA) is 273 Å². The van der Waals surface area contributed by atoms with Gasteiger partial charge in [-0.3, -0.25) is 0 Å². The Balaban J connectivity index is 0.000000292. The highest BCUT2D eigenvalue weighted by Crippen LogP contribution is 2.33. The minimum atomic E-state index is -5.41. The molecule has 2 aliphatic rings. The van der Waals surface area contributed by atoms with Crippen molar-refractivity contribution in [1.82, 2.24) is 0 Å². The highest BCUT2D eigenvalue weighted by molar-refractivity contribution is 7.43. The molecule has 2 heterocycles. The Morgan fingerprint density at radius 2 is 1.14 bits per heavy atom. The second-order valence-corrected chi connectivity index (χ2v) is 7.07. The summed E-state index contributed by atoms with van der Waals surface area (Å²) in [5.74, 6) is 0. The Bertz CT molecular complexity index is 508. The van der Waals surface area contributed by atoms with Crippen molar-refractivity contribution in [2.24, 2.45) is 0 Å². The van der Waals surface area contributed by atoms with Gasteiger partial charge in [-0.2, -0.15) is 0 Å². The monoisotopic (exact) mass is 438 g/mol. The van der Waals surface area contributed by atoms with Crippen LogP contribution in [0.15, 0.2) is 0 Å². The molecular weight excluding hydrogens is 415 g/mol. The standard InChI is InChI=1S/C6H13O9P.C6H12O6/c7-1-2-3(8)4(9)5(10)6(14-2)15-16(11,12)13;7-1-2-3(8)4(9)5(10)6(11)12-2/h2-10H,1H2,(H2,11,12,13);2-11H,1H2/p-2/t2?,3-,4-,5?,6+;2?,3-,4-,5?,6?/m00/s1. The lowest BCUT2D eigenvalue weighted by Crippen LogP contribution is -2.59. The van der Waals surface area contributed by atoms with Crippen molar-refractivity contribution in [1.29, 1.82) is 0 Å². The van der Waals surface area contributed by atoms with Crippen molar-refractivity contribution in [3.8, 4) is 0 Å². The van der Waals surface area contributed by atoms with Gasteiger partial charge >= 0.3 is 0 Å². The van der Waals surface area contributed by atoms with Crippen LogP contribution in [0.5, 0.6) is 0 Å². The van der Waals surface area contributed by atoms with Crippen molar-refractivity contribution in [3.05, 3.63) is 0 Å². The van der Waals surface area contributed by atoms with Crippen LogP contribution in [0.1, 0.15) is 0 Å². The number of aliphatic hydroxyl groups excluding tert-OH is 9. The molecule has 10 atom stereocenters. The lowest BCUT2D eigenvalue weighted by Gasteiger charge is -2.43. The Morgan fingerprint density at radius 3 is 1.57 bits per heavy atom. The fraction of sp³-hybridized carbons (Fsp3) is 1.00. The van der Waals surface area contributed by atoms with E-state index in [0.717, 1.165) is 0 Å². The van der Waals surface area contributed by atoms with Gasteiger partial charge in [0.25, 0.3) is 0 Å². The Hall–Kier alpha value is -0.330. The van der Waals surface area contributed by atoms with Gasteiger partial charge in [0.1, 0.15) is 48.8 Å². The third kappa shape index (κ3) is 6.60. The maximum atomic E-state index is 10.3. The zero-order valence-corrected chi connectivity index (χ0v) is 15.0. The fourth-order valence-electron chi connectivity index (χ4n) is 2.36. The summed E-state index contributed by atoms with van der Waals surface area (Å²) in [7, 11) is -5.41. The quantitative estimate of drug-likeness (QED) is 0.184. The van der Waals surface area contributed by atoms with E-state index in [1.165, 1.54) is 0 Å². The van der Waals surface area contributed by atoms with Gasteiger partial charge in [-0.05, 0) is 0 Å². The zero-order chi connectivity index (χ0) is 21.8. The molecule has 0 aliphatic carbocycles. The van der Waals surface area contributed by atoms with Crippen molar-refractivity contribution >= 4 is 7.82 Å². The van der Waals surface area contributed by atoms with Crippen molar-refractivity contribution in [2.45, 2.75) is 61.4 Å². The molecule has 2 saturated heterocycles. The molecule has 0 radical (unpaired) electrons. The first-order chi connectivity index (χ1) is 12.8. The number of hydrogen-bond acceptors (Lipinski definition) is 15. The molecule has 2 aliphatic heterocycles. The molecule has 0 spiro atoms. The molecule has 2 rings (SSSR count). The van der Waals surface area contributed by atoms with E-state index in [-0.39, 0.29) is 0 Å². The molecule has 0 bridgehead atoms. The van der Waals surface area contributed by atoms with Gasteiger partial charge in [-0.15, -0.1) is 0 Å². The highest BCUT2D eigenvalue weighted by Gasteiger charge is 2.44. The molecular formula is C12H23O15P-2. The minimum absolute atomic E-state index is 0.526. The molecule has 0 aromatic heterocycles. The Kier molecular flexibility index (Phi) is 9.75. The van der Waals surface area contributed by atoms with E-state index in [1.807, 2.05) is 0 Å². The molecule has 16 heteroatoms. The van der Waals surface area contributed by atoms with Crippen molar-refractivity contribution in [3.63, 3.8) is 0 Å². The van der Waals surface area contributed by atoms with E-state index in [4.69, 9.17) is 30.6 Å². The summed E-state index contributed by atoms with van der Waals surface area (Å²) in [6, 6.07) is 0. The maximum absolute atomic E-state index is 10.3. The molecule has 5 unspecified atom stereocenters. The number of rotatable bonds is 4. The van der Waals surface area contributed by atoms with Gasteiger partial charge < -0.3 is 74.3 Å². The summed E-state index contributed by atoms with van der Waals surface area (Å²) >= 11 is 0. The van der Waals surface area contributed by atoms with Crippen molar-refractivity contribution < 1.29 is 74.3 Å². The van der Waals surface area contributed by atoms with E-state index in [9.17, 15) is 29.7 Å². The number of ether oxygens (including phenoxy) is 2. The van der Waals surface area contributed by atoms with Gasteiger partial charge in [0.2, 0.25) is 0 Å². The van der Waals surface area contributed by atoms with Crippen LogP contribution in [0.3, 0.4) is 0 Å². The van der Waals surface area contributed by atoms with Crippen LogP contribution in [0.2, 0.25) is 0 Å². The highest BCUT2D eigenvalue weighted by atomic mass is 31.2. The normalized spacial score (nSPS) is 44.5. The first kappa shape index (κ1) is 25.7. The predicted molar refractivity (Wildman–Crippen MR) is 78.4 cm³/mol. The molecule has 0 aromatic carbocycles. The van der Waals surface area contributed by atoms with Gasteiger partial charge in [0.15, 0.2) is 12.6 Å². The van der Waals surface area contributed by atoms with Crippen LogP contribution in [0.4, 0.5) is 0 Å². The van der Waals surface area contributed by atoms with Crippen LogP contribution in [-0.2, 0) is 18.6 Å². The largest absolute Gasteiger partial charge is 0.790 e. The van der Waals surface area contributed by atoms with Crippen molar-refractivity contribution in [2.75, 3.05) is 13.2 Å². The van der Waals surface area contributed by atoms with E-state index in [1.54, 1.807) is 0 Å². The second-order valence-electron chi connectivity index (χ2n) is 5.97. The minimum Gasteiger partial charge on any atom is -0.790 e. The molecule has 2 fully saturated rings. The lowest BCUT2D eigenvalue weighted by molar-refractivity contribution is -0.368. The van der Waals surface area contributed by atoms with E-state index < -0.39 is 82.4 Å².